The molecule has 2 aromatic rings. The van der Waals surface area contributed by atoms with Crippen LogP contribution in [-0.4, -0.2) is 19.1 Å². The fourth-order valence-electron chi connectivity index (χ4n) is 4.77. The molecule has 166 valence electrons. The van der Waals surface area contributed by atoms with Crippen molar-refractivity contribution in [3.05, 3.63) is 89.0 Å². The van der Waals surface area contributed by atoms with E-state index in [9.17, 15) is 4.79 Å². The highest BCUT2D eigenvalue weighted by molar-refractivity contribution is 6.00. The Morgan fingerprint density at radius 1 is 1.12 bits per heavy atom. The van der Waals surface area contributed by atoms with Gasteiger partial charge in [0.1, 0.15) is 5.75 Å². The number of carbonyl (C=O) groups is 1. The molecule has 0 spiro atoms. The van der Waals surface area contributed by atoms with Crippen molar-refractivity contribution in [3.8, 4) is 5.75 Å². The summed E-state index contributed by atoms with van der Waals surface area (Å²) < 4.78 is 5.64. The summed E-state index contributed by atoms with van der Waals surface area (Å²) in [6, 6.07) is 12.9. The fraction of sp³-hybridized carbons (Fsp3) is 0.345. The molecule has 1 saturated carbocycles. The molecule has 2 aromatic carbocycles. The topological polar surface area (TPSA) is 38.3 Å². The Labute approximate surface area is 191 Å². The molecule has 1 N–H and O–H groups in total. The van der Waals surface area contributed by atoms with E-state index in [2.05, 4.69) is 62.2 Å². The van der Waals surface area contributed by atoms with Gasteiger partial charge in [0.2, 0.25) is 0 Å². The molecule has 4 rings (SSSR count). The van der Waals surface area contributed by atoms with E-state index in [0.717, 1.165) is 42.4 Å². The van der Waals surface area contributed by atoms with Crippen molar-refractivity contribution in [3.63, 3.8) is 0 Å². The number of carbonyl (C=O) groups excluding carboxylic acids is 1. The maximum absolute atomic E-state index is 13.2. The van der Waals surface area contributed by atoms with Gasteiger partial charge < -0.3 is 10.1 Å². The Kier molecular flexibility index (Phi) is 6.64. The van der Waals surface area contributed by atoms with E-state index >= 15 is 0 Å². The highest BCUT2D eigenvalue weighted by Crippen LogP contribution is 2.36. The van der Waals surface area contributed by atoms with Crippen molar-refractivity contribution in [1.29, 1.82) is 0 Å². The van der Waals surface area contributed by atoms with Crippen LogP contribution in [0.2, 0.25) is 0 Å². The number of amides is 1. The highest BCUT2D eigenvalue weighted by atomic mass is 16.5. The Morgan fingerprint density at radius 3 is 2.59 bits per heavy atom. The summed E-state index contributed by atoms with van der Waals surface area (Å²) in [5.74, 6) is 1.21. The van der Waals surface area contributed by atoms with Crippen molar-refractivity contribution in [2.24, 2.45) is 5.92 Å². The fourth-order valence-corrected chi connectivity index (χ4v) is 4.77. The predicted molar refractivity (Wildman–Crippen MR) is 133 cm³/mol. The van der Waals surface area contributed by atoms with Crippen LogP contribution in [0.4, 0.5) is 0 Å². The quantitative estimate of drug-likeness (QED) is 0.570. The summed E-state index contributed by atoms with van der Waals surface area (Å²) in [5, 5.41) is 3.24. The van der Waals surface area contributed by atoms with Crippen LogP contribution in [0.3, 0.4) is 0 Å². The molecule has 2 aliphatic rings. The average molecular weight is 428 g/mol. The van der Waals surface area contributed by atoms with Gasteiger partial charge >= 0.3 is 0 Å². The summed E-state index contributed by atoms with van der Waals surface area (Å²) in [4.78, 5) is 13.2. The Bertz CT molecular complexity index is 1080. The molecule has 0 aliphatic heterocycles. The van der Waals surface area contributed by atoms with E-state index in [1.54, 1.807) is 7.11 Å². The van der Waals surface area contributed by atoms with Crippen molar-refractivity contribution in [2.75, 3.05) is 7.11 Å². The monoisotopic (exact) mass is 427 g/mol. The lowest BCUT2D eigenvalue weighted by atomic mass is 9.90. The van der Waals surface area contributed by atoms with Gasteiger partial charge in [-0.15, -0.1) is 0 Å². The number of rotatable bonds is 6. The SMILES string of the molecule is C=C1C=CC=C(CCc2ccc(C)cc2)c2cc(C(=O)NC3CCC(C)C3)c(OC)cc21. The van der Waals surface area contributed by atoms with Gasteiger partial charge in [0.25, 0.3) is 5.91 Å². The molecule has 0 heterocycles. The van der Waals surface area contributed by atoms with Gasteiger partial charge in [0.05, 0.1) is 12.7 Å². The minimum absolute atomic E-state index is 0.0514. The molecule has 2 unspecified atom stereocenters. The van der Waals surface area contributed by atoms with E-state index in [4.69, 9.17) is 4.74 Å². The zero-order chi connectivity index (χ0) is 22.7. The van der Waals surface area contributed by atoms with Gasteiger partial charge in [-0.05, 0) is 84.9 Å². The van der Waals surface area contributed by atoms with E-state index < -0.39 is 0 Å². The van der Waals surface area contributed by atoms with Gasteiger partial charge in [-0.25, -0.2) is 0 Å². The van der Waals surface area contributed by atoms with Crippen LogP contribution in [0, 0.1) is 12.8 Å². The van der Waals surface area contributed by atoms with E-state index in [-0.39, 0.29) is 11.9 Å². The summed E-state index contributed by atoms with van der Waals surface area (Å²) in [6.07, 6.45) is 11.3. The molecule has 0 radical (unpaired) electrons. The van der Waals surface area contributed by atoms with E-state index in [0.29, 0.717) is 17.2 Å². The van der Waals surface area contributed by atoms with Crippen LogP contribution < -0.4 is 10.1 Å². The molecule has 0 bridgehead atoms. The van der Waals surface area contributed by atoms with Gasteiger partial charge in [0.15, 0.2) is 0 Å². The van der Waals surface area contributed by atoms with Crippen molar-refractivity contribution in [1.82, 2.24) is 5.32 Å². The molecule has 3 heteroatoms. The Balaban J connectivity index is 1.63. The number of benzene rings is 2. The third-order valence-electron chi connectivity index (χ3n) is 6.70. The third-order valence-corrected chi connectivity index (χ3v) is 6.70. The summed E-state index contributed by atoms with van der Waals surface area (Å²) >= 11 is 0. The molecule has 2 atom stereocenters. The highest BCUT2D eigenvalue weighted by Gasteiger charge is 2.26. The summed E-state index contributed by atoms with van der Waals surface area (Å²) in [7, 11) is 1.62. The van der Waals surface area contributed by atoms with Gasteiger partial charge in [-0.1, -0.05) is 61.6 Å². The largest absolute Gasteiger partial charge is 0.496 e. The minimum atomic E-state index is -0.0514. The third kappa shape index (κ3) is 4.88. The number of methoxy groups -OCH3 is 1. The van der Waals surface area contributed by atoms with Gasteiger partial charge in [-0.3, -0.25) is 4.79 Å². The standard InChI is InChI=1S/C29H33NO2/c1-19-8-11-22(12-9-19)13-14-23-7-5-6-21(3)25-18-28(32-4)27(17-26(23)25)29(31)30-24-15-10-20(2)16-24/h5-9,11-12,17-18,20,24H,3,10,13-16H2,1-2,4H3,(H,30,31). The number of fused-ring (bicyclic) bond motifs is 1. The number of nitrogens with one attached hydrogen (secondary N) is 1. The lowest BCUT2D eigenvalue weighted by Crippen LogP contribution is -2.33. The van der Waals surface area contributed by atoms with Gasteiger partial charge in [-0.2, -0.15) is 0 Å². The minimum Gasteiger partial charge on any atom is -0.496 e. The zero-order valence-electron chi connectivity index (χ0n) is 19.4. The normalized spacial score (nSPS) is 19.8. The van der Waals surface area contributed by atoms with Crippen LogP contribution in [0.1, 0.15) is 65.2 Å². The first-order valence-electron chi connectivity index (χ1n) is 11.6. The average Bonchev–Trinajstić information content (AvgIpc) is 3.13. The van der Waals surface area contributed by atoms with Crippen molar-refractivity contribution in [2.45, 2.75) is 52.0 Å². The number of ether oxygens (including phenoxy) is 1. The number of hydrogen-bond acceptors (Lipinski definition) is 2. The number of allylic oxidation sites excluding steroid dienone is 5. The molecular weight excluding hydrogens is 394 g/mol. The maximum atomic E-state index is 13.2. The lowest BCUT2D eigenvalue weighted by Gasteiger charge is -2.19. The van der Waals surface area contributed by atoms with Gasteiger partial charge in [0, 0.05) is 6.04 Å². The van der Waals surface area contributed by atoms with Crippen molar-refractivity contribution >= 4 is 17.1 Å². The Morgan fingerprint density at radius 2 is 1.91 bits per heavy atom. The Hall–Kier alpha value is -3.07. The number of hydrogen-bond donors (Lipinski definition) is 1. The predicted octanol–water partition coefficient (Wildman–Crippen LogP) is 6.52. The summed E-state index contributed by atoms with van der Waals surface area (Å²) in [5.41, 5.74) is 7.41. The first-order valence-corrected chi connectivity index (χ1v) is 11.6. The second-order valence-electron chi connectivity index (χ2n) is 9.25. The smallest absolute Gasteiger partial charge is 0.255 e. The zero-order valence-corrected chi connectivity index (χ0v) is 19.4. The molecule has 1 amide bonds. The second kappa shape index (κ2) is 9.60. The first-order chi connectivity index (χ1) is 15.4. The van der Waals surface area contributed by atoms with Crippen LogP contribution >= 0.6 is 0 Å². The van der Waals surface area contributed by atoms with Crippen molar-refractivity contribution < 1.29 is 9.53 Å². The molecular formula is C29H33NO2. The molecule has 3 nitrogen and oxygen atoms in total. The first kappa shape index (κ1) is 22.1. The summed E-state index contributed by atoms with van der Waals surface area (Å²) in [6.45, 7) is 8.60. The molecule has 32 heavy (non-hydrogen) atoms. The maximum Gasteiger partial charge on any atom is 0.255 e. The van der Waals surface area contributed by atoms with E-state index in [1.165, 1.54) is 23.1 Å². The van der Waals surface area contributed by atoms with Crippen LogP contribution in [-0.2, 0) is 6.42 Å². The van der Waals surface area contributed by atoms with E-state index in [1.807, 2.05) is 18.2 Å². The van der Waals surface area contributed by atoms with Crippen LogP contribution in [0.25, 0.3) is 11.1 Å². The van der Waals surface area contributed by atoms with Crippen LogP contribution in [0.5, 0.6) is 5.75 Å². The molecule has 1 fully saturated rings. The van der Waals surface area contributed by atoms with Crippen LogP contribution in [0.15, 0.2) is 61.2 Å². The second-order valence-corrected chi connectivity index (χ2v) is 9.25. The number of aryl methyl sites for hydroxylation is 2. The molecule has 0 saturated heterocycles. The molecule has 2 aliphatic carbocycles. The molecule has 0 aromatic heterocycles. The lowest BCUT2D eigenvalue weighted by molar-refractivity contribution is 0.0934.